The summed E-state index contributed by atoms with van der Waals surface area (Å²) in [6.07, 6.45) is -0.175. The van der Waals surface area contributed by atoms with Gasteiger partial charge in [-0.1, -0.05) is 20.8 Å². The van der Waals surface area contributed by atoms with E-state index in [2.05, 4.69) is 30.7 Å². The fraction of sp³-hybridized carbons (Fsp3) is 0.692. The lowest BCUT2D eigenvalue weighted by molar-refractivity contribution is -0.0193. The normalized spacial score (nSPS) is 16.7. The third kappa shape index (κ3) is 2.62. The molecular weight excluding hydrogens is 248 g/mol. The molecule has 0 amide bonds. The minimum Gasteiger partial charge on any atom is -0.370 e. The van der Waals surface area contributed by atoms with E-state index in [0.717, 1.165) is 22.8 Å². The third-order valence-corrected chi connectivity index (χ3v) is 3.94. The second-order valence-corrected chi connectivity index (χ2v) is 6.56. The lowest BCUT2D eigenvalue weighted by Gasteiger charge is -2.29. The monoisotopic (exact) mass is 268 g/mol. The second-order valence-electron chi connectivity index (χ2n) is 5.57. The standard InChI is InChI=1S/C13H20N2O2S/c1-5-17-10(13(2,3)4)11-14-9-7-18-6-8(9)12(16)15-11/h10H,5-7H2,1-4H3,(H,14,15,16). The fourth-order valence-electron chi connectivity index (χ4n) is 2.11. The van der Waals surface area contributed by atoms with Gasteiger partial charge >= 0.3 is 0 Å². The van der Waals surface area contributed by atoms with Crippen molar-refractivity contribution < 1.29 is 4.74 Å². The highest BCUT2D eigenvalue weighted by Crippen LogP contribution is 2.35. The molecule has 0 saturated carbocycles. The van der Waals surface area contributed by atoms with Crippen LogP contribution in [0.1, 0.15) is 50.9 Å². The molecule has 1 N–H and O–H groups in total. The topological polar surface area (TPSA) is 55.0 Å². The van der Waals surface area contributed by atoms with E-state index >= 15 is 0 Å². The predicted molar refractivity (Wildman–Crippen MR) is 73.7 cm³/mol. The Morgan fingerprint density at radius 3 is 2.78 bits per heavy atom. The van der Waals surface area contributed by atoms with E-state index in [9.17, 15) is 4.79 Å². The third-order valence-electron chi connectivity index (χ3n) is 2.97. The molecule has 0 saturated heterocycles. The average Bonchev–Trinajstić information content (AvgIpc) is 2.72. The van der Waals surface area contributed by atoms with Gasteiger partial charge in [-0.15, -0.1) is 0 Å². The van der Waals surface area contributed by atoms with Crippen molar-refractivity contribution in [1.29, 1.82) is 0 Å². The molecule has 1 aliphatic rings. The molecule has 2 heterocycles. The van der Waals surface area contributed by atoms with E-state index in [0.29, 0.717) is 12.4 Å². The number of aromatic amines is 1. The van der Waals surface area contributed by atoms with Crippen molar-refractivity contribution in [2.45, 2.75) is 45.3 Å². The van der Waals surface area contributed by atoms with Gasteiger partial charge in [0.25, 0.3) is 5.56 Å². The van der Waals surface area contributed by atoms with Crippen LogP contribution in [0, 0.1) is 5.41 Å². The molecule has 0 bridgehead atoms. The Bertz CT molecular complexity index is 491. The zero-order chi connectivity index (χ0) is 13.3. The highest BCUT2D eigenvalue weighted by Gasteiger charge is 2.30. The quantitative estimate of drug-likeness (QED) is 0.915. The number of fused-ring (bicyclic) bond motifs is 1. The molecule has 1 aliphatic heterocycles. The number of thioether (sulfide) groups is 1. The van der Waals surface area contributed by atoms with Gasteiger partial charge in [-0.2, -0.15) is 11.8 Å². The highest BCUT2D eigenvalue weighted by atomic mass is 32.2. The van der Waals surface area contributed by atoms with Crippen LogP contribution in [-0.2, 0) is 16.2 Å². The SMILES string of the molecule is CCOC(c1nc2c(c(=O)[nH]1)CSC2)C(C)(C)C. The molecule has 1 unspecified atom stereocenters. The van der Waals surface area contributed by atoms with Crippen molar-refractivity contribution in [2.75, 3.05) is 6.61 Å². The molecule has 100 valence electrons. The largest absolute Gasteiger partial charge is 0.370 e. The molecule has 0 fully saturated rings. The van der Waals surface area contributed by atoms with Gasteiger partial charge in [0, 0.05) is 23.7 Å². The van der Waals surface area contributed by atoms with E-state index in [1.807, 2.05) is 6.92 Å². The zero-order valence-corrected chi connectivity index (χ0v) is 12.2. The fourth-order valence-corrected chi connectivity index (χ4v) is 3.15. The van der Waals surface area contributed by atoms with Crippen LogP contribution < -0.4 is 5.56 Å². The average molecular weight is 268 g/mol. The van der Waals surface area contributed by atoms with Crippen LogP contribution in [-0.4, -0.2) is 16.6 Å². The summed E-state index contributed by atoms with van der Waals surface area (Å²) in [6.45, 7) is 8.84. The molecule has 4 nitrogen and oxygen atoms in total. The van der Waals surface area contributed by atoms with Crippen molar-refractivity contribution >= 4 is 11.8 Å². The molecule has 0 aliphatic carbocycles. The van der Waals surface area contributed by atoms with Crippen LogP contribution in [0.5, 0.6) is 0 Å². The smallest absolute Gasteiger partial charge is 0.255 e. The first kappa shape index (κ1) is 13.6. The van der Waals surface area contributed by atoms with Gasteiger partial charge in [-0.3, -0.25) is 4.79 Å². The van der Waals surface area contributed by atoms with Crippen molar-refractivity contribution in [3.63, 3.8) is 0 Å². The Hall–Kier alpha value is -0.810. The first-order valence-electron chi connectivity index (χ1n) is 6.24. The molecule has 18 heavy (non-hydrogen) atoms. The summed E-state index contributed by atoms with van der Waals surface area (Å²) >= 11 is 1.73. The van der Waals surface area contributed by atoms with Crippen LogP contribution >= 0.6 is 11.8 Å². The number of hydrogen-bond donors (Lipinski definition) is 1. The maximum Gasteiger partial charge on any atom is 0.255 e. The molecule has 0 aromatic carbocycles. The minimum absolute atomic E-state index is 0.00560. The van der Waals surface area contributed by atoms with E-state index < -0.39 is 0 Å². The number of aromatic nitrogens is 2. The Morgan fingerprint density at radius 2 is 2.17 bits per heavy atom. The van der Waals surface area contributed by atoms with Gasteiger partial charge in [-0.05, 0) is 12.3 Å². The van der Waals surface area contributed by atoms with Crippen molar-refractivity contribution in [3.05, 3.63) is 27.4 Å². The maximum atomic E-state index is 12.0. The zero-order valence-electron chi connectivity index (χ0n) is 11.4. The van der Waals surface area contributed by atoms with E-state index in [1.54, 1.807) is 11.8 Å². The van der Waals surface area contributed by atoms with Gasteiger partial charge in [-0.25, -0.2) is 4.98 Å². The van der Waals surface area contributed by atoms with Crippen molar-refractivity contribution in [3.8, 4) is 0 Å². The van der Waals surface area contributed by atoms with Crippen LogP contribution in [0.15, 0.2) is 4.79 Å². The molecule has 2 rings (SSSR count). The van der Waals surface area contributed by atoms with Crippen molar-refractivity contribution in [2.24, 2.45) is 5.41 Å². The van der Waals surface area contributed by atoms with Crippen LogP contribution in [0.2, 0.25) is 0 Å². The lowest BCUT2D eigenvalue weighted by Crippen LogP contribution is -2.27. The molecule has 0 spiro atoms. The van der Waals surface area contributed by atoms with E-state index in [1.165, 1.54) is 0 Å². The van der Waals surface area contributed by atoms with Crippen LogP contribution in [0.25, 0.3) is 0 Å². The molecule has 1 atom stereocenters. The predicted octanol–water partition coefficient (Wildman–Crippen LogP) is 2.64. The molecule has 0 radical (unpaired) electrons. The van der Waals surface area contributed by atoms with Gasteiger partial charge < -0.3 is 9.72 Å². The number of hydrogen-bond acceptors (Lipinski definition) is 4. The number of ether oxygens (including phenoxy) is 1. The number of H-pyrrole nitrogens is 1. The van der Waals surface area contributed by atoms with E-state index in [4.69, 9.17) is 4.74 Å². The maximum absolute atomic E-state index is 12.0. The lowest BCUT2D eigenvalue weighted by atomic mass is 9.88. The number of nitrogens with zero attached hydrogens (tertiary/aromatic N) is 1. The summed E-state index contributed by atoms with van der Waals surface area (Å²) in [5.74, 6) is 2.26. The Balaban J connectivity index is 2.43. The number of nitrogens with one attached hydrogen (secondary N) is 1. The Labute approximate surface area is 112 Å². The minimum atomic E-state index is -0.175. The van der Waals surface area contributed by atoms with Crippen LogP contribution in [0.3, 0.4) is 0 Å². The highest BCUT2D eigenvalue weighted by molar-refractivity contribution is 7.98. The van der Waals surface area contributed by atoms with Gasteiger partial charge in [0.2, 0.25) is 0 Å². The molecule has 5 heteroatoms. The molecular formula is C13H20N2O2S. The summed E-state index contributed by atoms with van der Waals surface area (Å²) in [7, 11) is 0. The van der Waals surface area contributed by atoms with Gasteiger partial charge in [0.05, 0.1) is 5.69 Å². The summed E-state index contributed by atoms with van der Waals surface area (Å²) < 4.78 is 5.77. The van der Waals surface area contributed by atoms with Gasteiger partial charge in [0.15, 0.2) is 0 Å². The number of rotatable bonds is 3. The Kier molecular flexibility index (Phi) is 3.82. The summed E-state index contributed by atoms with van der Waals surface area (Å²) in [5.41, 5.74) is 1.65. The molecule has 1 aromatic heterocycles. The Morgan fingerprint density at radius 1 is 1.44 bits per heavy atom. The first-order chi connectivity index (χ1) is 8.43. The molecule has 1 aromatic rings. The van der Waals surface area contributed by atoms with Crippen molar-refractivity contribution in [1.82, 2.24) is 9.97 Å². The summed E-state index contributed by atoms with van der Waals surface area (Å²) in [6, 6.07) is 0. The second kappa shape index (κ2) is 5.05. The summed E-state index contributed by atoms with van der Waals surface area (Å²) in [4.78, 5) is 19.5. The first-order valence-corrected chi connectivity index (χ1v) is 7.40. The summed E-state index contributed by atoms with van der Waals surface area (Å²) in [5, 5.41) is 0. The van der Waals surface area contributed by atoms with Gasteiger partial charge in [0.1, 0.15) is 11.9 Å². The van der Waals surface area contributed by atoms with Crippen LogP contribution in [0.4, 0.5) is 0 Å². The van der Waals surface area contributed by atoms with E-state index in [-0.39, 0.29) is 17.1 Å².